The van der Waals surface area contributed by atoms with Gasteiger partial charge in [-0.15, -0.1) is 0 Å². The molecule has 0 spiro atoms. The van der Waals surface area contributed by atoms with E-state index in [1.165, 1.54) is 7.05 Å². The molecule has 0 aliphatic heterocycles. The minimum absolute atomic E-state index is 0.221. The van der Waals surface area contributed by atoms with Crippen LogP contribution >= 0.6 is 0 Å². The van der Waals surface area contributed by atoms with Gasteiger partial charge in [-0.25, -0.2) is 13.2 Å². The number of halogens is 6. The third-order valence-corrected chi connectivity index (χ3v) is 3.93. The average Bonchev–Trinajstić information content (AvgIpc) is 2.96. The molecule has 0 bridgehead atoms. The minimum Gasteiger partial charge on any atom is -0.381 e. The fourth-order valence-electron chi connectivity index (χ4n) is 2.57. The van der Waals surface area contributed by atoms with E-state index in [2.05, 4.69) is 10.4 Å². The molecule has 3 rings (SSSR count). The molecule has 142 valence electrons. The molecule has 0 atom stereocenters. The van der Waals surface area contributed by atoms with Gasteiger partial charge in [0, 0.05) is 37.0 Å². The van der Waals surface area contributed by atoms with Crippen LogP contribution in [0.5, 0.6) is 0 Å². The molecule has 9 heteroatoms. The number of aromatic nitrogens is 2. The van der Waals surface area contributed by atoms with Crippen LogP contribution in [0, 0.1) is 17.5 Å². The van der Waals surface area contributed by atoms with Gasteiger partial charge >= 0.3 is 6.18 Å². The van der Waals surface area contributed by atoms with Crippen molar-refractivity contribution in [3.05, 3.63) is 71.2 Å². The summed E-state index contributed by atoms with van der Waals surface area (Å²) in [5.74, 6) is -3.02. The third-order valence-electron chi connectivity index (χ3n) is 3.93. The van der Waals surface area contributed by atoms with Crippen molar-refractivity contribution in [3.8, 4) is 11.3 Å². The number of rotatable bonds is 4. The molecule has 0 saturated heterocycles. The normalized spacial score (nSPS) is 11.7. The minimum atomic E-state index is -4.54. The highest BCUT2D eigenvalue weighted by atomic mass is 19.4. The molecule has 1 heterocycles. The van der Waals surface area contributed by atoms with E-state index in [0.29, 0.717) is 23.4 Å². The number of nitrogens with one attached hydrogen (secondary N) is 1. The van der Waals surface area contributed by atoms with E-state index in [4.69, 9.17) is 0 Å². The Morgan fingerprint density at radius 3 is 2.07 bits per heavy atom. The Labute approximate surface area is 150 Å². The van der Waals surface area contributed by atoms with Crippen molar-refractivity contribution in [2.24, 2.45) is 7.05 Å². The zero-order valence-electron chi connectivity index (χ0n) is 13.9. The first-order valence-corrected chi connectivity index (χ1v) is 7.74. The van der Waals surface area contributed by atoms with Gasteiger partial charge in [0.2, 0.25) is 0 Å². The lowest BCUT2D eigenvalue weighted by Gasteiger charge is -2.10. The van der Waals surface area contributed by atoms with Crippen LogP contribution in [0.25, 0.3) is 11.3 Å². The second-order valence-corrected chi connectivity index (χ2v) is 5.82. The van der Waals surface area contributed by atoms with Crippen molar-refractivity contribution in [2.75, 3.05) is 5.32 Å². The second-order valence-electron chi connectivity index (χ2n) is 5.82. The van der Waals surface area contributed by atoms with E-state index in [-0.39, 0.29) is 17.8 Å². The first-order valence-electron chi connectivity index (χ1n) is 7.74. The third kappa shape index (κ3) is 4.07. The quantitative estimate of drug-likeness (QED) is 0.631. The van der Waals surface area contributed by atoms with Crippen LogP contribution in [-0.4, -0.2) is 9.78 Å². The van der Waals surface area contributed by atoms with Crippen LogP contribution in [0.15, 0.2) is 42.5 Å². The molecule has 0 saturated carbocycles. The van der Waals surface area contributed by atoms with Crippen molar-refractivity contribution >= 4 is 5.69 Å². The number of benzene rings is 2. The van der Waals surface area contributed by atoms with E-state index in [9.17, 15) is 26.3 Å². The van der Waals surface area contributed by atoms with Crippen LogP contribution in [0.4, 0.5) is 32.0 Å². The molecule has 27 heavy (non-hydrogen) atoms. The molecule has 0 aliphatic rings. The van der Waals surface area contributed by atoms with Crippen molar-refractivity contribution < 1.29 is 26.3 Å². The summed E-state index contributed by atoms with van der Waals surface area (Å²) in [6.07, 6.45) is -4.54. The molecule has 0 amide bonds. The highest BCUT2D eigenvalue weighted by Gasteiger charge is 2.34. The first-order chi connectivity index (χ1) is 12.6. The Bertz CT molecular complexity index is 937. The average molecular weight is 385 g/mol. The van der Waals surface area contributed by atoms with Crippen molar-refractivity contribution in [1.29, 1.82) is 0 Å². The van der Waals surface area contributed by atoms with E-state index < -0.39 is 29.3 Å². The molecule has 3 nitrogen and oxygen atoms in total. The smallest absolute Gasteiger partial charge is 0.381 e. The molecular formula is C18H13F6N3. The van der Waals surface area contributed by atoms with Gasteiger partial charge in [-0.1, -0.05) is 12.1 Å². The lowest BCUT2D eigenvalue weighted by molar-refractivity contribution is -0.141. The molecule has 0 unspecified atom stereocenters. The van der Waals surface area contributed by atoms with Gasteiger partial charge in [-0.2, -0.15) is 18.3 Å². The van der Waals surface area contributed by atoms with Gasteiger partial charge in [-0.05, 0) is 23.8 Å². The van der Waals surface area contributed by atoms with Gasteiger partial charge in [-0.3, -0.25) is 4.68 Å². The predicted octanol–water partition coefficient (Wildman–Crippen LogP) is 5.14. The summed E-state index contributed by atoms with van der Waals surface area (Å²) in [5, 5.41) is 6.23. The lowest BCUT2D eigenvalue weighted by atomic mass is 10.1. The number of alkyl halides is 3. The number of hydrogen-bond donors (Lipinski definition) is 1. The Morgan fingerprint density at radius 2 is 1.56 bits per heavy atom. The molecule has 0 radical (unpaired) electrons. The lowest BCUT2D eigenvalue weighted by Crippen LogP contribution is -2.06. The standard InChI is InChI=1S/C18H13F6N3/c1-27-16(8-17(26-27)18(22,23)24)10-2-4-12(5-3-10)25-9-13-14(20)6-11(19)7-15(13)21/h2-8,25H,9H2,1H3. The molecule has 1 N–H and O–H groups in total. The monoisotopic (exact) mass is 385 g/mol. The van der Waals surface area contributed by atoms with Crippen molar-refractivity contribution in [3.63, 3.8) is 0 Å². The summed E-state index contributed by atoms with van der Waals surface area (Å²) in [6.45, 7) is -0.221. The van der Waals surface area contributed by atoms with E-state index >= 15 is 0 Å². The fourth-order valence-corrected chi connectivity index (χ4v) is 2.57. The summed E-state index contributed by atoms with van der Waals surface area (Å²) in [5.41, 5.74) is -0.0684. The number of nitrogens with zero attached hydrogens (tertiary/aromatic N) is 2. The molecule has 3 aromatic rings. The van der Waals surface area contributed by atoms with Gasteiger partial charge in [0.25, 0.3) is 0 Å². The highest BCUT2D eigenvalue weighted by molar-refractivity contribution is 5.63. The number of aryl methyl sites for hydroxylation is 1. The van der Waals surface area contributed by atoms with Crippen LogP contribution < -0.4 is 5.32 Å². The summed E-state index contributed by atoms with van der Waals surface area (Å²) in [6, 6.07) is 8.32. The maximum Gasteiger partial charge on any atom is 0.435 e. The van der Waals surface area contributed by atoms with Gasteiger partial charge < -0.3 is 5.32 Å². The topological polar surface area (TPSA) is 29.9 Å². The summed E-state index contributed by atoms with van der Waals surface area (Å²) in [7, 11) is 1.40. The predicted molar refractivity (Wildman–Crippen MR) is 87.3 cm³/mol. The van der Waals surface area contributed by atoms with E-state index in [0.717, 1.165) is 10.7 Å². The van der Waals surface area contributed by atoms with Crippen molar-refractivity contribution in [2.45, 2.75) is 12.7 Å². The Balaban J connectivity index is 1.76. The van der Waals surface area contributed by atoms with Crippen LogP contribution in [0.2, 0.25) is 0 Å². The van der Waals surface area contributed by atoms with Crippen LogP contribution in [0.3, 0.4) is 0 Å². The summed E-state index contributed by atoms with van der Waals surface area (Å²) in [4.78, 5) is 0. The van der Waals surface area contributed by atoms with Gasteiger partial charge in [0.1, 0.15) is 17.5 Å². The summed E-state index contributed by atoms with van der Waals surface area (Å²) < 4.78 is 79.5. The Kier molecular flexibility index (Phi) is 4.86. The first kappa shape index (κ1) is 18.8. The Hall–Kier alpha value is -2.97. The fraction of sp³-hybridized carbons (Fsp3) is 0.167. The van der Waals surface area contributed by atoms with Gasteiger partial charge in [0.05, 0.1) is 5.69 Å². The number of anilines is 1. The van der Waals surface area contributed by atoms with Crippen molar-refractivity contribution in [1.82, 2.24) is 9.78 Å². The molecule has 1 aromatic heterocycles. The van der Waals surface area contributed by atoms with E-state index in [1.54, 1.807) is 24.3 Å². The zero-order chi connectivity index (χ0) is 19.8. The maximum atomic E-state index is 13.6. The number of hydrogen-bond acceptors (Lipinski definition) is 2. The van der Waals surface area contributed by atoms with E-state index in [1.807, 2.05) is 0 Å². The zero-order valence-corrected chi connectivity index (χ0v) is 13.9. The summed E-state index contributed by atoms with van der Waals surface area (Å²) >= 11 is 0. The van der Waals surface area contributed by atoms with Crippen LogP contribution in [-0.2, 0) is 19.8 Å². The van der Waals surface area contributed by atoms with Gasteiger partial charge in [0.15, 0.2) is 5.69 Å². The molecular weight excluding hydrogens is 372 g/mol. The molecule has 0 aliphatic carbocycles. The SMILES string of the molecule is Cn1nc(C(F)(F)F)cc1-c1ccc(NCc2c(F)cc(F)cc2F)cc1. The molecule has 2 aromatic carbocycles. The highest BCUT2D eigenvalue weighted by Crippen LogP contribution is 2.31. The van der Waals surface area contributed by atoms with Crippen LogP contribution in [0.1, 0.15) is 11.3 Å². The second kappa shape index (κ2) is 6.98. The largest absolute Gasteiger partial charge is 0.435 e. The molecule has 0 fully saturated rings. The Morgan fingerprint density at radius 1 is 0.963 bits per heavy atom. The maximum absolute atomic E-state index is 13.6.